The molecule has 1 aromatic rings. The molecule has 1 saturated carbocycles. The van der Waals surface area contributed by atoms with E-state index in [4.69, 9.17) is 5.73 Å². The number of benzene rings is 1. The zero-order valence-electron chi connectivity index (χ0n) is 15.4. The van der Waals surface area contributed by atoms with Crippen LogP contribution in [-0.2, 0) is 22.7 Å². The monoisotopic (exact) mass is 370 g/mol. The first-order chi connectivity index (χ1) is 13.0. The second-order valence-electron chi connectivity index (χ2n) is 7.95. The van der Waals surface area contributed by atoms with Gasteiger partial charge in [-0.05, 0) is 55.3 Å². The molecule has 1 aliphatic carbocycles. The number of rotatable bonds is 6. The van der Waals surface area contributed by atoms with Gasteiger partial charge in [0.05, 0.1) is 0 Å². The predicted molar refractivity (Wildman–Crippen MR) is 99.5 cm³/mol. The number of nitrogens with zero attached hydrogens (tertiary/aromatic N) is 1. The first kappa shape index (κ1) is 18.1. The molecule has 0 spiro atoms. The molecule has 1 unspecified atom stereocenters. The van der Waals surface area contributed by atoms with E-state index < -0.39 is 6.04 Å². The van der Waals surface area contributed by atoms with Crippen LogP contribution in [0.1, 0.15) is 53.6 Å². The number of hydrogen-bond donors (Lipinski definition) is 3. The van der Waals surface area contributed by atoms with Crippen molar-refractivity contribution in [2.24, 2.45) is 11.7 Å². The quantitative estimate of drug-likeness (QED) is 0.504. The maximum atomic E-state index is 12.7. The first-order valence-electron chi connectivity index (χ1n) is 9.74. The van der Waals surface area contributed by atoms with Crippen molar-refractivity contribution < 1.29 is 14.4 Å². The summed E-state index contributed by atoms with van der Waals surface area (Å²) in [5.41, 5.74) is 8.56. The minimum Gasteiger partial charge on any atom is -0.328 e. The van der Waals surface area contributed by atoms with Crippen molar-refractivity contribution in [1.29, 1.82) is 0 Å². The summed E-state index contributed by atoms with van der Waals surface area (Å²) in [6, 6.07) is 5.71. The molecule has 0 aromatic heterocycles. The van der Waals surface area contributed by atoms with Gasteiger partial charge in [0.15, 0.2) is 0 Å². The molecule has 2 fully saturated rings. The first-order valence-corrected chi connectivity index (χ1v) is 9.74. The summed E-state index contributed by atoms with van der Waals surface area (Å²) in [5, 5.41) is 5.79. The Hall–Kier alpha value is -2.25. The van der Waals surface area contributed by atoms with Gasteiger partial charge < -0.3 is 16.0 Å². The van der Waals surface area contributed by atoms with E-state index in [9.17, 15) is 14.4 Å². The number of carbonyl (C=O) groups excluding carboxylic acids is 3. The molecule has 4 rings (SSSR count). The van der Waals surface area contributed by atoms with Crippen molar-refractivity contribution in [1.82, 2.24) is 15.5 Å². The molecule has 27 heavy (non-hydrogen) atoms. The normalized spacial score (nSPS) is 27.4. The third-order valence-electron chi connectivity index (χ3n) is 5.92. The SMILES string of the molecule is NC1CC(CCNCc2ccc3c(c2)CN(C2CCC(=O)NC2=O)C3=O)C1. The number of fused-ring (bicyclic) bond motifs is 1. The average molecular weight is 370 g/mol. The van der Waals surface area contributed by atoms with Crippen molar-refractivity contribution in [2.45, 2.75) is 57.3 Å². The zero-order chi connectivity index (χ0) is 19.0. The lowest BCUT2D eigenvalue weighted by atomic mass is 9.79. The van der Waals surface area contributed by atoms with E-state index in [1.807, 2.05) is 18.2 Å². The lowest BCUT2D eigenvalue weighted by Gasteiger charge is -2.32. The molecule has 1 atom stereocenters. The second kappa shape index (κ2) is 7.40. The summed E-state index contributed by atoms with van der Waals surface area (Å²) in [6.07, 6.45) is 4.10. The van der Waals surface area contributed by atoms with Gasteiger partial charge in [-0.3, -0.25) is 19.7 Å². The topological polar surface area (TPSA) is 105 Å². The molecule has 7 nitrogen and oxygen atoms in total. The van der Waals surface area contributed by atoms with Crippen LogP contribution < -0.4 is 16.4 Å². The Balaban J connectivity index is 1.33. The van der Waals surface area contributed by atoms with Crippen LogP contribution in [0.2, 0.25) is 0 Å². The number of piperidine rings is 1. The van der Waals surface area contributed by atoms with Crippen molar-refractivity contribution >= 4 is 17.7 Å². The highest BCUT2D eigenvalue weighted by molar-refractivity contribution is 6.05. The molecule has 3 amide bonds. The van der Waals surface area contributed by atoms with Gasteiger partial charge in [0.1, 0.15) is 6.04 Å². The molecule has 2 heterocycles. The molecule has 1 aromatic carbocycles. The minimum absolute atomic E-state index is 0.125. The lowest BCUT2D eigenvalue weighted by molar-refractivity contribution is -0.136. The van der Waals surface area contributed by atoms with Crippen molar-refractivity contribution in [3.63, 3.8) is 0 Å². The third-order valence-corrected chi connectivity index (χ3v) is 5.92. The van der Waals surface area contributed by atoms with Crippen molar-refractivity contribution in [3.05, 3.63) is 34.9 Å². The Bertz CT molecular complexity index is 772. The highest BCUT2D eigenvalue weighted by Gasteiger charge is 2.39. The van der Waals surface area contributed by atoms with Crippen molar-refractivity contribution in [3.8, 4) is 0 Å². The smallest absolute Gasteiger partial charge is 0.255 e. The maximum absolute atomic E-state index is 12.7. The molecular weight excluding hydrogens is 344 g/mol. The Morgan fingerprint density at radius 1 is 1.22 bits per heavy atom. The lowest BCUT2D eigenvalue weighted by Crippen LogP contribution is -2.52. The molecule has 1 saturated heterocycles. The van der Waals surface area contributed by atoms with Crippen LogP contribution in [0.15, 0.2) is 18.2 Å². The van der Waals surface area contributed by atoms with E-state index in [2.05, 4.69) is 10.6 Å². The summed E-state index contributed by atoms with van der Waals surface area (Å²) >= 11 is 0. The molecule has 4 N–H and O–H groups in total. The largest absolute Gasteiger partial charge is 0.328 e. The molecule has 3 aliphatic rings. The van der Waals surface area contributed by atoms with Crippen molar-refractivity contribution in [2.75, 3.05) is 6.54 Å². The van der Waals surface area contributed by atoms with Gasteiger partial charge in [-0.2, -0.15) is 0 Å². The van der Waals surface area contributed by atoms with Crippen LogP contribution in [0.4, 0.5) is 0 Å². The molecular formula is C20H26N4O3. The van der Waals surface area contributed by atoms with E-state index in [1.54, 1.807) is 4.90 Å². The zero-order valence-corrected chi connectivity index (χ0v) is 15.4. The van der Waals surface area contributed by atoms with E-state index in [0.29, 0.717) is 24.6 Å². The van der Waals surface area contributed by atoms with E-state index >= 15 is 0 Å². The van der Waals surface area contributed by atoms with E-state index in [0.717, 1.165) is 49.4 Å². The average Bonchev–Trinajstić information content (AvgIpc) is 2.93. The van der Waals surface area contributed by atoms with Gasteiger partial charge in [-0.25, -0.2) is 0 Å². The number of nitrogens with one attached hydrogen (secondary N) is 2. The minimum atomic E-state index is -0.557. The summed E-state index contributed by atoms with van der Waals surface area (Å²) < 4.78 is 0. The maximum Gasteiger partial charge on any atom is 0.255 e. The molecule has 7 heteroatoms. The Morgan fingerprint density at radius 2 is 2.04 bits per heavy atom. The molecule has 0 radical (unpaired) electrons. The standard InChI is InChI=1S/C20H26N4O3/c21-15-8-12(9-15)5-6-22-10-13-1-2-16-14(7-13)11-24(20(16)27)17-3-4-18(25)23-19(17)26/h1-2,7,12,15,17,22H,3-6,8-11,21H2,(H,23,25,26). The van der Waals surface area contributed by atoms with Crippen LogP contribution in [0.5, 0.6) is 0 Å². The number of carbonyl (C=O) groups is 3. The summed E-state index contributed by atoms with van der Waals surface area (Å²) in [4.78, 5) is 37.7. The highest BCUT2D eigenvalue weighted by Crippen LogP contribution is 2.29. The van der Waals surface area contributed by atoms with E-state index in [1.165, 1.54) is 0 Å². The highest BCUT2D eigenvalue weighted by atomic mass is 16.2. The third kappa shape index (κ3) is 3.75. The molecule has 0 bridgehead atoms. The van der Waals surface area contributed by atoms with Gasteiger partial charge in [-0.15, -0.1) is 0 Å². The fraction of sp³-hybridized carbons (Fsp3) is 0.550. The Morgan fingerprint density at radius 3 is 2.78 bits per heavy atom. The van der Waals surface area contributed by atoms with Gasteiger partial charge in [0.2, 0.25) is 11.8 Å². The molecule has 2 aliphatic heterocycles. The Kier molecular flexibility index (Phi) is 4.97. The fourth-order valence-corrected chi connectivity index (χ4v) is 4.30. The van der Waals surface area contributed by atoms with Gasteiger partial charge in [-0.1, -0.05) is 12.1 Å². The van der Waals surface area contributed by atoms with Gasteiger partial charge >= 0.3 is 0 Å². The van der Waals surface area contributed by atoms with Crippen LogP contribution in [0, 0.1) is 5.92 Å². The fourth-order valence-electron chi connectivity index (χ4n) is 4.30. The van der Waals surface area contributed by atoms with Gasteiger partial charge in [0, 0.05) is 31.1 Å². The summed E-state index contributed by atoms with van der Waals surface area (Å²) in [6.45, 7) is 2.16. The Labute approximate surface area is 158 Å². The van der Waals surface area contributed by atoms with Gasteiger partial charge in [0.25, 0.3) is 5.91 Å². The number of hydrogen-bond acceptors (Lipinski definition) is 5. The number of amides is 3. The second-order valence-corrected chi connectivity index (χ2v) is 7.95. The number of imide groups is 1. The van der Waals surface area contributed by atoms with Crippen LogP contribution in [-0.4, -0.2) is 41.2 Å². The van der Waals surface area contributed by atoms with E-state index in [-0.39, 0.29) is 24.1 Å². The van der Waals surface area contributed by atoms with Crippen LogP contribution in [0.3, 0.4) is 0 Å². The summed E-state index contributed by atoms with van der Waals surface area (Å²) in [7, 11) is 0. The van der Waals surface area contributed by atoms with Crippen LogP contribution in [0.25, 0.3) is 0 Å². The molecule has 144 valence electrons. The predicted octanol–water partition coefficient (Wildman–Crippen LogP) is 0.665. The summed E-state index contributed by atoms with van der Waals surface area (Å²) in [5.74, 6) is -0.00443. The van der Waals surface area contributed by atoms with Crippen LogP contribution >= 0.6 is 0 Å². The number of nitrogens with two attached hydrogens (primary N) is 1.